The Balaban J connectivity index is 2.36. The summed E-state index contributed by atoms with van der Waals surface area (Å²) in [5, 5.41) is 0.143. The normalized spacial score (nSPS) is 22.3. The smallest absolute Gasteiger partial charge is 0.397 e. The molecule has 0 aromatic heterocycles. The number of unbranched alkanes of at least 4 members (excludes halogenated alkanes) is 3. The third-order valence-electron chi connectivity index (χ3n) is 5.24. The van der Waals surface area contributed by atoms with Crippen LogP contribution in [-0.2, 0) is 4.79 Å². The van der Waals surface area contributed by atoms with E-state index in [4.69, 9.17) is 5.73 Å². The first-order chi connectivity index (χ1) is 14.1. The first-order valence-electron chi connectivity index (χ1n) is 10.3. The molecular weight excluding hydrogens is 413 g/mol. The Hall–Kier alpha value is -1.74. The lowest BCUT2D eigenvalue weighted by molar-refractivity contribution is -0.127. The quantitative estimate of drug-likeness (QED) is 0.616. The van der Waals surface area contributed by atoms with Gasteiger partial charge in [-0.15, -0.1) is 0 Å². The molecule has 0 aliphatic carbocycles. The van der Waals surface area contributed by atoms with Crippen molar-refractivity contribution in [3.8, 4) is 0 Å². The van der Waals surface area contributed by atoms with Gasteiger partial charge in [-0.1, -0.05) is 37.6 Å². The molecule has 2 rings (SSSR count). The number of amides is 1. The van der Waals surface area contributed by atoms with Crippen LogP contribution in [0.4, 0.5) is 13.2 Å². The predicted octanol–water partition coefficient (Wildman–Crippen LogP) is 4.44. The van der Waals surface area contributed by atoms with Crippen molar-refractivity contribution in [2.24, 2.45) is 10.7 Å². The fourth-order valence-corrected chi connectivity index (χ4v) is 4.41. The fourth-order valence-electron chi connectivity index (χ4n) is 3.24. The van der Waals surface area contributed by atoms with Crippen LogP contribution in [0, 0.1) is 0 Å². The van der Waals surface area contributed by atoms with Crippen molar-refractivity contribution in [2.45, 2.75) is 52.6 Å². The van der Waals surface area contributed by atoms with Crippen molar-refractivity contribution in [1.29, 1.82) is 0 Å². The average molecular weight is 445 g/mol. The van der Waals surface area contributed by atoms with Gasteiger partial charge < -0.3 is 15.5 Å². The van der Waals surface area contributed by atoms with Crippen molar-refractivity contribution in [2.75, 3.05) is 33.2 Å². The molecule has 0 aromatic rings. The van der Waals surface area contributed by atoms with Gasteiger partial charge in [-0.05, 0) is 33.7 Å². The van der Waals surface area contributed by atoms with Gasteiger partial charge in [0, 0.05) is 43.0 Å². The standard InChI is InChI=1S/C21H31F3N4OS/c1-5-6-7-8-9-14(2)26-19-16(15(3)21(22,23)24)17(25)18(30-19)20(29)28-12-10-27(4)11-13-28/h9H,5-8,10-13,25H2,1-4H3/b14-9+,16-15+,26-19-. The zero-order chi connectivity index (χ0) is 22.5. The first kappa shape index (κ1) is 24.5. The highest BCUT2D eigenvalue weighted by molar-refractivity contribution is 8.19. The Kier molecular flexibility index (Phi) is 8.61. The van der Waals surface area contributed by atoms with Crippen molar-refractivity contribution in [1.82, 2.24) is 9.80 Å². The molecule has 0 bridgehead atoms. The van der Waals surface area contributed by atoms with E-state index in [9.17, 15) is 18.0 Å². The number of likely N-dealkylation sites (N-methyl/N-ethyl adjacent to an activating group) is 1. The van der Waals surface area contributed by atoms with Crippen LogP contribution in [0.15, 0.2) is 38.5 Å². The Morgan fingerprint density at radius 2 is 1.83 bits per heavy atom. The van der Waals surface area contributed by atoms with E-state index in [2.05, 4.69) is 16.8 Å². The van der Waals surface area contributed by atoms with E-state index < -0.39 is 11.7 Å². The maximum Gasteiger partial charge on any atom is 0.413 e. The molecule has 5 nitrogen and oxygen atoms in total. The summed E-state index contributed by atoms with van der Waals surface area (Å²) in [4.78, 5) is 21.3. The van der Waals surface area contributed by atoms with Gasteiger partial charge in [0.1, 0.15) is 9.95 Å². The third kappa shape index (κ3) is 6.14. The highest BCUT2D eigenvalue weighted by Crippen LogP contribution is 2.42. The Bertz CT molecular complexity index is 776. The maximum absolute atomic E-state index is 13.5. The minimum atomic E-state index is -4.55. The maximum atomic E-state index is 13.5. The van der Waals surface area contributed by atoms with E-state index in [-0.39, 0.29) is 27.1 Å². The minimum Gasteiger partial charge on any atom is -0.397 e. The first-order valence-corrected chi connectivity index (χ1v) is 11.1. The fraction of sp³-hybridized carbons (Fsp3) is 0.619. The number of hydrogen-bond acceptors (Lipinski definition) is 5. The van der Waals surface area contributed by atoms with Gasteiger partial charge in [-0.25, -0.2) is 4.99 Å². The van der Waals surface area contributed by atoms with Crippen LogP contribution in [-0.4, -0.2) is 60.2 Å². The average Bonchev–Trinajstić information content (AvgIpc) is 2.99. The highest BCUT2D eigenvalue weighted by Gasteiger charge is 2.40. The second kappa shape index (κ2) is 10.5. The molecule has 2 aliphatic rings. The summed E-state index contributed by atoms with van der Waals surface area (Å²) in [5.74, 6) is -0.326. The number of nitrogens with zero attached hydrogens (tertiary/aromatic N) is 3. The second-order valence-electron chi connectivity index (χ2n) is 7.70. The lowest BCUT2D eigenvalue weighted by atomic mass is 10.1. The van der Waals surface area contributed by atoms with Crippen molar-refractivity contribution < 1.29 is 18.0 Å². The van der Waals surface area contributed by atoms with Crippen molar-refractivity contribution >= 4 is 22.7 Å². The monoisotopic (exact) mass is 444 g/mol. The van der Waals surface area contributed by atoms with E-state index in [1.54, 1.807) is 11.8 Å². The zero-order valence-electron chi connectivity index (χ0n) is 18.1. The van der Waals surface area contributed by atoms with Gasteiger partial charge in [0.25, 0.3) is 5.91 Å². The molecule has 168 valence electrons. The number of carbonyl (C=O) groups excluding carboxylic acids is 1. The largest absolute Gasteiger partial charge is 0.413 e. The van der Waals surface area contributed by atoms with Crippen LogP contribution < -0.4 is 5.73 Å². The number of alkyl halides is 3. The Morgan fingerprint density at radius 1 is 1.20 bits per heavy atom. The van der Waals surface area contributed by atoms with E-state index in [1.807, 2.05) is 13.1 Å². The molecule has 2 aliphatic heterocycles. The van der Waals surface area contributed by atoms with Gasteiger partial charge in [-0.2, -0.15) is 13.2 Å². The highest BCUT2D eigenvalue weighted by atomic mass is 32.2. The van der Waals surface area contributed by atoms with Crippen LogP contribution in [0.25, 0.3) is 0 Å². The summed E-state index contributed by atoms with van der Waals surface area (Å²) < 4.78 is 40.4. The lowest BCUT2D eigenvalue weighted by Crippen LogP contribution is -2.47. The number of halogens is 3. The number of allylic oxidation sites excluding steroid dienone is 4. The lowest BCUT2D eigenvalue weighted by Gasteiger charge is -2.32. The third-order valence-corrected chi connectivity index (χ3v) is 6.32. The second-order valence-corrected chi connectivity index (χ2v) is 8.70. The van der Waals surface area contributed by atoms with Crippen LogP contribution in [0.1, 0.15) is 46.5 Å². The molecule has 0 radical (unpaired) electrons. The number of hydrogen-bond donors (Lipinski definition) is 1. The summed E-state index contributed by atoms with van der Waals surface area (Å²) in [7, 11) is 1.97. The molecule has 0 atom stereocenters. The summed E-state index contributed by atoms with van der Waals surface area (Å²) >= 11 is 0.947. The van der Waals surface area contributed by atoms with Gasteiger partial charge >= 0.3 is 6.18 Å². The number of thioether (sulfide) groups is 1. The van der Waals surface area contributed by atoms with Crippen LogP contribution in [0.2, 0.25) is 0 Å². The summed E-state index contributed by atoms with van der Waals surface area (Å²) in [6.45, 7) is 7.33. The van der Waals surface area contributed by atoms with Gasteiger partial charge in [-0.3, -0.25) is 4.79 Å². The number of aliphatic imine (C=N–C) groups is 1. The molecule has 2 N–H and O–H groups in total. The van der Waals surface area contributed by atoms with Crippen molar-refractivity contribution in [3.05, 3.63) is 33.5 Å². The molecule has 30 heavy (non-hydrogen) atoms. The van der Waals surface area contributed by atoms with Crippen LogP contribution in [0.5, 0.6) is 0 Å². The molecular formula is C21H31F3N4OS. The molecule has 0 unspecified atom stereocenters. The molecule has 1 amide bonds. The molecule has 0 saturated carbocycles. The molecule has 9 heteroatoms. The zero-order valence-corrected chi connectivity index (χ0v) is 18.9. The van der Waals surface area contributed by atoms with Gasteiger partial charge in [0.2, 0.25) is 0 Å². The van der Waals surface area contributed by atoms with Crippen molar-refractivity contribution in [3.63, 3.8) is 0 Å². The molecule has 1 fully saturated rings. The van der Waals surface area contributed by atoms with Crippen LogP contribution >= 0.6 is 11.8 Å². The summed E-state index contributed by atoms with van der Waals surface area (Å²) in [5.41, 5.74) is 5.60. The molecule has 0 aromatic carbocycles. The number of piperazine rings is 1. The van der Waals surface area contributed by atoms with Gasteiger partial charge in [0.15, 0.2) is 0 Å². The predicted molar refractivity (Wildman–Crippen MR) is 117 cm³/mol. The minimum absolute atomic E-state index is 0.128. The van der Waals surface area contributed by atoms with Crippen LogP contribution in [0.3, 0.4) is 0 Å². The summed E-state index contributed by atoms with van der Waals surface area (Å²) in [6.07, 6.45) is 1.36. The Labute approximate surface area is 180 Å². The van der Waals surface area contributed by atoms with E-state index in [0.717, 1.165) is 44.4 Å². The molecule has 0 spiro atoms. The SMILES string of the molecule is CCCCC/C=C(C)/N=C1\SC(C(=O)N2CCN(C)CC2)=C(N)\C1=C(\C)C(F)(F)F. The summed E-state index contributed by atoms with van der Waals surface area (Å²) in [6, 6.07) is 0. The van der Waals surface area contributed by atoms with Gasteiger partial charge in [0.05, 0.1) is 5.70 Å². The topological polar surface area (TPSA) is 61.9 Å². The molecule has 2 heterocycles. The number of nitrogens with two attached hydrogens (primary N) is 1. The number of rotatable bonds is 6. The molecule has 1 saturated heterocycles. The number of carbonyl (C=O) groups is 1. The van der Waals surface area contributed by atoms with E-state index in [0.29, 0.717) is 31.9 Å². The van der Waals surface area contributed by atoms with E-state index >= 15 is 0 Å². The van der Waals surface area contributed by atoms with E-state index in [1.165, 1.54) is 0 Å². The Morgan fingerprint density at radius 3 is 2.40 bits per heavy atom.